The van der Waals surface area contributed by atoms with E-state index in [0.29, 0.717) is 12.2 Å². The highest BCUT2D eigenvalue weighted by atomic mass is 16.5. The molecule has 0 aliphatic heterocycles. The molecule has 0 fully saturated rings. The molecule has 1 aliphatic rings. The number of hydrogen-bond acceptors (Lipinski definition) is 3. The van der Waals surface area contributed by atoms with Gasteiger partial charge >= 0.3 is 5.97 Å². The van der Waals surface area contributed by atoms with Crippen molar-refractivity contribution in [3.63, 3.8) is 0 Å². The molecule has 0 aromatic heterocycles. The molecular weight excluding hydrogens is 178 g/mol. The largest absolute Gasteiger partial charge is 0.463 e. The zero-order chi connectivity index (χ0) is 11.0. The average molecular weight is 197 g/mol. The minimum atomic E-state index is -0.227. The SMILES string of the molecule is C=C.CCOC(=O)C1=C(N)CCCC1. The number of hydrogen-bond donors (Lipinski definition) is 1. The molecule has 3 nitrogen and oxygen atoms in total. The van der Waals surface area contributed by atoms with Gasteiger partial charge in [0.05, 0.1) is 12.2 Å². The number of carbonyl (C=O) groups is 1. The van der Waals surface area contributed by atoms with Crippen molar-refractivity contribution in [3.8, 4) is 0 Å². The van der Waals surface area contributed by atoms with E-state index < -0.39 is 0 Å². The first-order chi connectivity index (χ1) is 6.75. The van der Waals surface area contributed by atoms with Crippen LogP contribution in [0, 0.1) is 0 Å². The van der Waals surface area contributed by atoms with E-state index in [9.17, 15) is 4.79 Å². The average Bonchev–Trinajstić information content (AvgIpc) is 2.22. The van der Waals surface area contributed by atoms with Crippen LogP contribution in [0.1, 0.15) is 32.6 Å². The van der Waals surface area contributed by atoms with E-state index in [2.05, 4.69) is 13.2 Å². The van der Waals surface area contributed by atoms with Crippen LogP contribution in [0.25, 0.3) is 0 Å². The van der Waals surface area contributed by atoms with Crippen LogP contribution >= 0.6 is 0 Å². The van der Waals surface area contributed by atoms with E-state index in [1.807, 2.05) is 0 Å². The molecule has 0 saturated heterocycles. The van der Waals surface area contributed by atoms with Gasteiger partial charge in [0.15, 0.2) is 0 Å². The Morgan fingerprint density at radius 3 is 2.50 bits per heavy atom. The summed E-state index contributed by atoms with van der Waals surface area (Å²) in [7, 11) is 0. The molecule has 1 aliphatic carbocycles. The lowest BCUT2D eigenvalue weighted by Gasteiger charge is -2.15. The van der Waals surface area contributed by atoms with Crippen molar-refractivity contribution in [3.05, 3.63) is 24.4 Å². The van der Waals surface area contributed by atoms with Crippen LogP contribution in [0.2, 0.25) is 0 Å². The van der Waals surface area contributed by atoms with Gasteiger partial charge in [-0.25, -0.2) is 4.79 Å². The van der Waals surface area contributed by atoms with E-state index in [1.54, 1.807) is 6.92 Å². The summed E-state index contributed by atoms with van der Waals surface area (Å²) in [6, 6.07) is 0. The minimum absolute atomic E-state index is 0.227. The fourth-order valence-electron chi connectivity index (χ4n) is 1.38. The predicted molar refractivity (Wildman–Crippen MR) is 57.6 cm³/mol. The number of carbonyl (C=O) groups excluding carboxylic acids is 1. The number of rotatable bonds is 2. The summed E-state index contributed by atoms with van der Waals surface area (Å²) in [5, 5.41) is 0. The van der Waals surface area contributed by atoms with Crippen LogP contribution in [0.4, 0.5) is 0 Å². The van der Waals surface area contributed by atoms with Gasteiger partial charge in [0.1, 0.15) is 0 Å². The third-order valence-electron chi connectivity index (χ3n) is 2.03. The Labute approximate surface area is 85.6 Å². The summed E-state index contributed by atoms with van der Waals surface area (Å²) in [4.78, 5) is 11.2. The first kappa shape index (κ1) is 12.8. The lowest BCUT2D eigenvalue weighted by Crippen LogP contribution is -2.17. The predicted octanol–water partition coefficient (Wildman–Crippen LogP) is 2.14. The summed E-state index contributed by atoms with van der Waals surface area (Å²) in [6.45, 7) is 8.23. The topological polar surface area (TPSA) is 52.3 Å². The third-order valence-corrected chi connectivity index (χ3v) is 2.03. The van der Waals surface area contributed by atoms with E-state index in [4.69, 9.17) is 10.5 Å². The lowest BCUT2D eigenvalue weighted by atomic mass is 9.97. The maximum Gasteiger partial charge on any atom is 0.335 e. The van der Waals surface area contributed by atoms with Crippen LogP contribution in [0.5, 0.6) is 0 Å². The summed E-state index contributed by atoms with van der Waals surface area (Å²) in [5.41, 5.74) is 7.11. The Kier molecular flexibility index (Phi) is 6.54. The normalized spacial score (nSPS) is 15.5. The molecule has 0 aromatic rings. The fourth-order valence-corrected chi connectivity index (χ4v) is 1.38. The van der Waals surface area contributed by atoms with E-state index in [-0.39, 0.29) is 5.97 Å². The van der Waals surface area contributed by atoms with Gasteiger partial charge in [-0.1, -0.05) is 0 Å². The van der Waals surface area contributed by atoms with Gasteiger partial charge in [-0.05, 0) is 32.6 Å². The van der Waals surface area contributed by atoms with Crippen molar-refractivity contribution in [1.82, 2.24) is 0 Å². The van der Waals surface area contributed by atoms with Crippen LogP contribution in [0.15, 0.2) is 24.4 Å². The molecule has 0 saturated carbocycles. The van der Waals surface area contributed by atoms with Crippen molar-refractivity contribution < 1.29 is 9.53 Å². The van der Waals surface area contributed by atoms with Gasteiger partial charge in [0.2, 0.25) is 0 Å². The highest BCUT2D eigenvalue weighted by molar-refractivity contribution is 5.89. The number of allylic oxidation sites excluding steroid dienone is 1. The van der Waals surface area contributed by atoms with Gasteiger partial charge in [0, 0.05) is 5.70 Å². The lowest BCUT2D eigenvalue weighted by molar-refractivity contribution is -0.138. The molecule has 80 valence electrons. The van der Waals surface area contributed by atoms with Gasteiger partial charge in [-0.3, -0.25) is 0 Å². The second-order valence-corrected chi connectivity index (χ2v) is 2.93. The standard InChI is InChI=1S/C9H15NO2.C2H4/c1-2-12-9(11)7-5-3-4-6-8(7)10;1-2/h2-6,10H2,1H3;1-2H2. The van der Waals surface area contributed by atoms with Crippen LogP contribution in [-0.2, 0) is 9.53 Å². The second kappa shape index (κ2) is 7.18. The molecule has 2 N–H and O–H groups in total. The first-order valence-corrected chi connectivity index (χ1v) is 4.90. The third kappa shape index (κ3) is 3.64. The van der Waals surface area contributed by atoms with Gasteiger partial charge in [-0.15, -0.1) is 13.2 Å². The van der Waals surface area contributed by atoms with Gasteiger partial charge in [0.25, 0.3) is 0 Å². The maximum absolute atomic E-state index is 11.2. The molecule has 14 heavy (non-hydrogen) atoms. The second-order valence-electron chi connectivity index (χ2n) is 2.93. The summed E-state index contributed by atoms with van der Waals surface area (Å²) >= 11 is 0. The molecule has 3 heteroatoms. The molecule has 1 rings (SSSR count). The quantitative estimate of drug-likeness (QED) is 0.545. The molecular formula is C11H19NO2. The Hall–Kier alpha value is -1.25. The molecule has 0 radical (unpaired) electrons. The first-order valence-electron chi connectivity index (χ1n) is 4.90. The zero-order valence-corrected chi connectivity index (χ0v) is 8.84. The highest BCUT2D eigenvalue weighted by Gasteiger charge is 2.17. The molecule has 0 bridgehead atoms. The van der Waals surface area contributed by atoms with Crippen LogP contribution in [0.3, 0.4) is 0 Å². The van der Waals surface area contributed by atoms with E-state index >= 15 is 0 Å². The van der Waals surface area contributed by atoms with Crippen LogP contribution < -0.4 is 5.73 Å². The van der Waals surface area contributed by atoms with Gasteiger partial charge in [-0.2, -0.15) is 0 Å². The highest BCUT2D eigenvalue weighted by Crippen LogP contribution is 2.21. The summed E-state index contributed by atoms with van der Waals surface area (Å²) < 4.78 is 4.87. The Balaban J connectivity index is 0.000000791. The zero-order valence-electron chi connectivity index (χ0n) is 8.84. The monoisotopic (exact) mass is 197 g/mol. The maximum atomic E-state index is 11.2. The molecule has 0 heterocycles. The van der Waals surface area contributed by atoms with Crippen molar-refractivity contribution in [2.75, 3.05) is 6.61 Å². The van der Waals surface area contributed by atoms with Crippen molar-refractivity contribution in [1.29, 1.82) is 0 Å². The Morgan fingerprint density at radius 1 is 1.43 bits per heavy atom. The van der Waals surface area contributed by atoms with Crippen LogP contribution in [-0.4, -0.2) is 12.6 Å². The molecule has 0 spiro atoms. The van der Waals surface area contributed by atoms with Crippen molar-refractivity contribution in [2.24, 2.45) is 5.73 Å². The van der Waals surface area contributed by atoms with E-state index in [1.165, 1.54) is 0 Å². The number of nitrogens with two attached hydrogens (primary N) is 1. The number of ether oxygens (including phenoxy) is 1. The molecule has 0 atom stereocenters. The Bertz CT molecular complexity index is 221. The molecule has 0 unspecified atom stereocenters. The molecule has 0 amide bonds. The Morgan fingerprint density at radius 2 is 2.00 bits per heavy atom. The number of esters is 1. The van der Waals surface area contributed by atoms with Crippen molar-refractivity contribution in [2.45, 2.75) is 32.6 Å². The summed E-state index contributed by atoms with van der Waals surface area (Å²) in [6.07, 6.45) is 3.77. The fraction of sp³-hybridized carbons (Fsp3) is 0.545. The van der Waals surface area contributed by atoms with E-state index in [0.717, 1.165) is 31.4 Å². The van der Waals surface area contributed by atoms with Gasteiger partial charge < -0.3 is 10.5 Å². The van der Waals surface area contributed by atoms with Crippen molar-refractivity contribution >= 4 is 5.97 Å². The molecule has 0 aromatic carbocycles. The summed E-state index contributed by atoms with van der Waals surface area (Å²) in [5.74, 6) is -0.227. The smallest absolute Gasteiger partial charge is 0.335 e. The minimum Gasteiger partial charge on any atom is -0.463 e.